The minimum absolute atomic E-state index is 0.00266. The van der Waals surface area contributed by atoms with Crippen LogP contribution in [0, 0.1) is 17.2 Å². The number of aromatic nitrogens is 4. The van der Waals surface area contributed by atoms with E-state index in [1.807, 2.05) is 11.0 Å². The number of ether oxygens (including phenoxy) is 1. The van der Waals surface area contributed by atoms with Crippen molar-refractivity contribution in [3.63, 3.8) is 0 Å². The molecule has 0 atom stereocenters. The van der Waals surface area contributed by atoms with E-state index < -0.39 is 6.43 Å². The van der Waals surface area contributed by atoms with Gasteiger partial charge in [-0.2, -0.15) is 14.8 Å². The van der Waals surface area contributed by atoms with Gasteiger partial charge in [-0.3, -0.25) is 4.79 Å². The van der Waals surface area contributed by atoms with Gasteiger partial charge in [0.2, 0.25) is 11.9 Å². The van der Waals surface area contributed by atoms with Gasteiger partial charge < -0.3 is 25.6 Å². The summed E-state index contributed by atoms with van der Waals surface area (Å²) in [6.45, 7) is 2.04. The topological polar surface area (TPSA) is 132 Å². The smallest absolute Gasteiger partial charge is 0.264 e. The van der Waals surface area contributed by atoms with Gasteiger partial charge in [-0.05, 0) is 37.8 Å². The molecule has 39 heavy (non-hydrogen) atoms. The van der Waals surface area contributed by atoms with E-state index in [9.17, 15) is 18.8 Å². The first-order valence-electron chi connectivity index (χ1n) is 12.8. The zero-order chi connectivity index (χ0) is 27.1. The molecule has 1 aromatic carbocycles. The molecule has 3 aromatic rings. The lowest BCUT2D eigenvalue weighted by molar-refractivity contribution is -0.129. The van der Waals surface area contributed by atoms with Crippen molar-refractivity contribution < 1.29 is 18.3 Å². The number of hydrogen-bond acceptors (Lipinski definition) is 9. The van der Waals surface area contributed by atoms with Crippen LogP contribution in [-0.2, 0) is 9.53 Å². The van der Waals surface area contributed by atoms with Crippen LogP contribution >= 0.6 is 11.6 Å². The van der Waals surface area contributed by atoms with Crippen molar-refractivity contribution in [2.75, 3.05) is 41.8 Å². The summed E-state index contributed by atoms with van der Waals surface area (Å²) >= 11 is 6.77. The fourth-order valence-electron chi connectivity index (χ4n) is 4.75. The Balaban J connectivity index is 1.26. The molecule has 3 aliphatic rings. The number of hydrogen-bond donors (Lipinski definition) is 3. The highest BCUT2D eigenvalue weighted by Gasteiger charge is 2.30. The van der Waals surface area contributed by atoms with Crippen molar-refractivity contribution in [2.45, 2.75) is 44.2 Å². The van der Waals surface area contributed by atoms with E-state index in [1.54, 1.807) is 0 Å². The summed E-state index contributed by atoms with van der Waals surface area (Å²) < 4.78 is 34.3. The predicted molar refractivity (Wildman–Crippen MR) is 140 cm³/mol. The summed E-state index contributed by atoms with van der Waals surface area (Å²) in [7, 11) is 0. The molecule has 14 heteroatoms. The van der Waals surface area contributed by atoms with Crippen LogP contribution in [0.4, 0.5) is 31.9 Å². The van der Waals surface area contributed by atoms with Gasteiger partial charge >= 0.3 is 0 Å². The van der Waals surface area contributed by atoms with Gasteiger partial charge in [-0.25, -0.2) is 13.8 Å². The van der Waals surface area contributed by atoms with Crippen LogP contribution < -0.4 is 20.9 Å². The molecule has 3 fully saturated rings. The zero-order valence-electron chi connectivity index (χ0n) is 20.8. The van der Waals surface area contributed by atoms with Crippen molar-refractivity contribution in [3.8, 4) is 6.07 Å². The number of halogens is 3. The average molecular weight is 558 g/mol. The van der Waals surface area contributed by atoms with Crippen LogP contribution in [0.2, 0.25) is 5.02 Å². The number of fused-ring (bicyclic) bond motifs is 1. The fourth-order valence-corrected chi connectivity index (χ4v) is 5.02. The van der Waals surface area contributed by atoms with E-state index >= 15 is 0 Å². The first-order chi connectivity index (χ1) is 18.9. The van der Waals surface area contributed by atoms with Crippen molar-refractivity contribution >= 4 is 46.3 Å². The first-order valence-corrected chi connectivity index (χ1v) is 13.2. The highest BCUT2D eigenvalue weighted by Crippen LogP contribution is 2.40. The number of benzene rings is 1. The maximum Gasteiger partial charge on any atom is 0.264 e. The Bertz CT molecular complexity index is 1440. The molecule has 0 unspecified atom stereocenters. The van der Waals surface area contributed by atoms with Gasteiger partial charge in [-0.1, -0.05) is 11.6 Å². The molecule has 0 spiro atoms. The number of imidazole rings is 1. The molecule has 2 aliphatic heterocycles. The Labute approximate surface area is 227 Å². The van der Waals surface area contributed by atoms with Gasteiger partial charge in [0.15, 0.2) is 17.2 Å². The molecule has 11 nitrogen and oxygen atoms in total. The highest BCUT2D eigenvalue weighted by molar-refractivity contribution is 6.36. The zero-order valence-corrected chi connectivity index (χ0v) is 21.6. The number of amides is 1. The average Bonchev–Trinajstić information content (AvgIpc) is 3.63. The number of nitriles is 1. The van der Waals surface area contributed by atoms with Crippen LogP contribution in [0.1, 0.15) is 43.4 Å². The summed E-state index contributed by atoms with van der Waals surface area (Å²) in [4.78, 5) is 23.2. The molecule has 1 aliphatic carbocycles. The number of alkyl halides is 2. The first kappa shape index (κ1) is 25.5. The number of piperidine rings is 1. The van der Waals surface area contributed by atoms with Crippen molar-refractivity contribution in [2.24, 2.45) is 5.92 Å². The summed E-state index contributed by atoms with van der Waals surface area (Å²) in [6.07, 6.45) is 1.80. The van der Waals surface area contributed by atoms with Gasteiger partial charge in [0.1, 0.15) is 6.07 Å². The van der Waals surface area contributed by atoms with Gasteiger partial charge in [0, 0.05) is 30.6 Å². The predicted octanol–water partition coefficient (Wildman–Crippen LogP) is 3.64. The lowest BCUT2D eigenvalue weighted by Crippen LogP contribution is -2.51. The third-order valence-electron chi connectivity index (χ3n) is 7.16. The standard InChI is InChI=1S/C25H26ClF2N9O2/c26-20-18(33-25-34-22(31-15-1-2-15)23-30-10-17(9-29)37(23)35-25)7-14(21(27)28)8-19(20)36-5-3-13(4-6-36)24(38)32-16-11-39-12-16/h7-8,10,13,15-16,21H,1-6,11-12H2,(H,32,38)(H2,31,33,34,35). The minimum atomic E-state index is -2.73. The number of rotatable bonds is 8. The van der Waals surface area contributed by atoms with Gasteiger partial charge in [-0.15, -0.1) is 5.10 Å². The normalized spacial score (nSPS) is 18.2. The number of nitrogens with zero attached hydrogens (tertiary/aromatic N) is 6. The van der Waals surface area contributed by atoms with E-state index in [0.717, 1.165) is 12.8 Å². The Hall–Kier alpha value is -3.76. The third kappa shape index (κ3) is 5.26. The number of anilines is 4. The van der Waals surface area contributed by atoms with Crippen molar-refractivity contribution in [1.82, 2.24) is 24.9 Å². The highest BCUT2D eigenvalue weighted by atomic mass is 35.5. The second-order valence-electron chi connectivity index (χ2n) is 10.0. The van der Waals surface area contributed by atoms with Crippen molar-refractivity contribution in [3.05, 3.63) is 34.6 Å². The molecular formula is C25H26ClF2N9O2. The number of nitrogens with one attached hydrogen (secondary N) is 3. The van der Waals surface area contributed by atoms with E-state index in [4.69, 9.17) is 16.3 Å². The Morgan fingerprint density at radius 2 is 1.95 bits per heavy atom. The Kier molecular flexibility index (Phi) is 6.82. The molecule has 6 rings (SSSR count). The van der Waals surface area contributed by atoms with E-state index in [-0.39, 0.29) is 51.8 Å². The van der Waals surface area contributed by atoms with E-state index in [0.29, 0.717) is 56.3 Å². The van der Waals surface area contributed by atoms with Gasteiger partial charge in [0.25, 0.3) is 6.43 Å². The molecule has 3 N–H and O–H groups in total. The lowest BCUT2D eigenvalue weighted by Gasteiger charge is -2.35. The molecule has 0 radical (unpaired) electrons. The summed E-state index contributed by atoms with van der Waals surface area (Å²) in [5.74, 6) is 0.358. The van der Waals surface area contributed by atoms with Crippen LogP contribution in [0.15, 0.2) is 18.3 Å². The molecule has 2 aromatic heterocycles. The van der Waals surface area contributed by atoms with Crippen molar-refractivity contribution in [1.29, 1.82) is 5.26 Å². The largest absolute Gasteiger partial charge is 0.377 e. The van der Waals surface area contributed by atoms with E-state index in [1.165, 1.54) is 22.8 Å². The lowest BCUT2D eigenvalue weighted by atomic mass is 9.94. The van der Waals surface area contributed by atoms with Gasteiger partial charge in [0.05, 0.1) is 41.8 Å². The Morgan fingerprint density at radius 3 is 2.59 bits per heavy atom. The third-order valence-corrected chi connectivity index (χ3v) is 7.56. The molecule has 2 saturated heterocycles. The molecule has 0 bridgehead atoms. The van der Waals surface area contributed by atoms with Crippen LogP contribution in [0.3, 0.4) is 0 Å². The van der Waals surface area contributed by atoms with Crippen LogP contribution in [0.25, 0.3) is 5.65 Å². The SMILES string of the molecule is N#Cc1cnc2c(NC3CC3)nc(Nc3cc(C(F)F)cc(N4CCC(C(=O)NC5COC5)CC4)c3Cl)nn12. The number of carbonyl (C=O) groups excluding carboxylic acids is 1. The maximum atomic E-state index is 13.9. The minimum Gasteiger partial charge on any atom is -0.377 e. The summed E-state index contributed by atoms with van der Waals surface area (Å²) in [5, 5.41) is 23.3. The summed E-state index contributed by atoms with van der Waals surface area (Å²) in [6, 6.07) is 5.02. The molecule has 204 valence electrons. The quantitative estimate of drug-likeness (QED) is 0.379. The van der Waals surface area contributed by atoms with Crippen LogP contribution in [-0.4, -0.2) is 63.9 Å². The molecule has 4 heterocycles. The fraction of sp³-hybridized carbons (Fsp3) is 0.480. The van der Waals surface area contributed by atoms with E-state index in [2.05, 4.69) is 31.0 Å². The molecule has 1 amide bonds. The maximum absolute atomic E-state index is 13.9. The monoisotopic (exact) mass is 557 g/mol. The number of carbonyl (C=O) groups is 1. The summed E-state index contributed by atoms with van der Waals surface area (Å²) in [5.41, 5.74) is 1.05. The second kappa shape index (κ2) is 10.4. The van der Waals surface area contributed by atoms with Crippen LogP contribution in [0.5, 0.6) is 0 Å². The molecule has 1 saturated carbocycles. The second-order valence-corrected chi connectivity index (χ2v) is 10.4. The molecular weight excluding hydrogens is 532 g/mol. The Morgan fingerprint density at radius 1 is 1.18 bits per heavy atom.